The molecular formula is C18H17N3O2S. The highest BCUT2D eigenvalue weighted by Gasteiger charge is 2.13. The molecule has 24 heavy (non-hydrogen) atoms. The van der Waals surface area contributed by atoms with Gasteiger partial charge in [-0.3, -0.25) is 4.79 Å². The highest BCUT2D eigenvalue weighted by atomic mass is 32.1. The fourth-order valence-electron chi connectivity index (χ4n) is 2.95. The molecule has 0 spiro atoms. The fourth-order valence-corrected chi connectivity index (χ4v) is 3.58. The average molecular weight is 339 g/mol. The van der Waals surface area contributed by atoms with Gasteiger partial charge in [-0.1, -0.05) is 6.07 Å². The predicted octanol–water partition coefficient (Wildman–Crippen LogP) is 3.86. The lowest BCUT2D eigenvalue weighted by molar-refractivity contribution is -0.116. The fraction of sp³-hybridized carbons (Fsp3) is 0.278. The molecule has 4 rings (SSSR count). The Morgan fingerprint density at radius 3 is 3.00 bits per heavy atom. The SMILES string of the molecule is O=C(CCc1nnc(-c2ccsc2)o1)Nc1ccc2c(c1)CCC2. The number of fused-ring (bicyclic) bond motifs is 1. The summed E-state index contributed by atoms with van der Waals surface area (Å²) in [4.78, 5) is 12.1. The van der Waals surface area contributed by atoms with Crippen molar-refractivity contribution in [3.63, 3.8) is 0 Å². The first-order valence-corrected chi connectivity index (χ1v) is 8.99. The lowest BCUT2D eigenvalue weighted by atomic mass is 10.1. The van der Waals surface area contributed by atoms with E-state index in [1.807, 2.05) is 22.9 Å². The summed E-state index contributed by atoms with van der Waals surface area (Å²) in [6, 6.07) is 8.11. The summed E-state index contributed by atoms with van der Waals surface area (Å²) in [5, 5.41) is 14.9. The first-order chi connectivity index (χ1) is 11.8. The molecule has 1 aliphatic carbocycles. The van der Waals surface area contributed by atoms with Crippen molar-refractivity contribution >= 4 is 22.9 Å². The molecule has 2 heterocycles. The van der Waals surface area contributed by atoms with E-state index in [1.54, 1.807) is 11.3 Å². The summed E-state index contributed by atoms with van der Waals surface area (Å²) in [7, 11) is 0. The van der Waals surface area contributed by atoms with Gasteiger partial charge in [-0.2, -0.15) is 11.3 Å². The van der Waals surface area contributed by atoms with Gasteiger partial charge in [-0.15, -0.1) is 10.2 Å². The molecule has 6 heteroatoms. The summed E-state index contributed by atoms with van der Waals surface area (Å²) >= 11 is 1.58. The topological polar surface area (TPSA) is 68.0 Å². The first kappa shape index (κ1) is 15.1. The normalized spacial score (nSPS) is 13.0. The van der Waals surface area contributed by atoms with Gasteiger partial charge in [0.15, 0.2) is 0 Å². The van der Waals surface area contributed by atoms with Crippen molar-refractivity contribution in [3.8, 4) is 11.5 Å². The summed E-state index contributed by atoms with van der Waals surface area (Å²) in [5.74, 6) is 0.953. The van der Waals surface area contributed by atoms with Crippen LogP contribution in [0.3, 0.4) is 0 Å². The number of aromatic nitrogens is 2. The Morgan fingerprint density at radius 2 is 2.12 bits per heavy atom. The van der Waals surface area contributed by atoms with E-state index in [-0.39, 0.29) is 5.91 Å². The van der Waals surface area contributed by atoms with E-state index >= 15 is 0 Å². The molecule has 0 bridgehead atoms. The van der Waals surface area contributed by atoms with Crippen LogP contribution in [0.15, 0.2) is 39.4 Å². The molecule has 1 aromatic carbocycles. The molecule has 2 aromatic heterocycles. The van der Waals surface area contributed by atoms with Crippen LogP contribution in [-0.2, 0) is 24.1 Å². The van der Waals surface area contributed by atoms with Crippen molar-refractivity contribution in [2.75, 3.05) is 5.32 Å². The summed E-state index contributed by atoms with van der Waals surface area (Å²) in [6.07, 6.45) is 4.21. The molecular weight excluding hydrogens is 322 g/mol. The maximum atomic E-state index is 12.1. The summed E-state index contributed by atoms with van der Waals surface area (Å²) < 4.78 is 5.59. The molecule has 0 saturated heterocycles. The third kappa shape index (κ3) is 3.23. The van der Waals surface area contributed by atoms with Crippen molar-refractivity contribution < 1.29 is 9.21 Å². The van der Waals surface area contributed by atoms with Gasteiger partial charge in [0.2, 0.25) is 17.7 Å². The van der Waals surface area contributed by atoms with Crippen LogP contribution in [-0.4, -0.2) is 16.1 Å². The molecule has 1 aliphatic rings. The highest BCUT2D eigenvalue weighted by Crippen LogP contribution is 2.25. The van der Waals surface area contributed by atoms with Crippen LogP contribution in [0.2, 0.25) is 0 Å². The van der Waals surface area contributed by atoms with Crippen LogP contribution in [0.4, 0.5) is 5.69 Å². The third-order valence-electron chi connectivity index (χ3n) is 4.18. The monoisotopic (exact) mass is 339 g/mol. The van der Waals surface area contributed by atoms with E-state index in [9.17, 15) is 4.79 Å². The number of thiophene rings is 1. The Balaban J connectivity index is 1.33. The Bertz CT molecular complexity index is 855. The number of benzene rings is 1. The number of carbonyl (C=O) groups is 1. The van der Waals surface area contributed by atoms with Crippen LogP contribution in [0.1, 0.15) is 29.9 Å². The standard InChI is InChI=1S/C18H17N3O2S/c22-16(19-15-5-4-12-2-1-3-13(12)10-15)6-7-17-20-21-18(23-17)14-8-9-24-11-14/h4-5,8-11H,1-3,6-7H2,(H,19,22). The lowest BCUT2D eigenvalue weighted by Gasteiger charge is -2.06. The van der Waals surface area contributed by atoms with Crippen molar-refractivity contribution in [1.29, 1.82) is 0 Å². The van der Waals surface area contributed by atoms with Crippen LogP contribution in [0.5, 0.6) is 0 Å². The van der Waals surface area contributed by atoms with E-state index in [0.29, 0.717) is 24.6 Å². The lowest BCUT2D eigenvalue weighted by Crippen LogP contribution is -2.12. The van der Waals surface area contributed by atoms with Gasteiger partial charge in [-0.25, -0.2) is 0 Å². The summed E-state index contributed by atoms with van der Waals surface area (Å²) in [6.45, 7) is 0. The van der Waals surface area contributed by atoms with Crippen LogP contribution < -0.4 is 5.32 Å². The van der Waals surface area contributed by atoms with E-state index in [0.717, 1.165) is 24.1 Å². The number of rotatable bonds is 5. The zero-order chi connectivity index (χ0) is 16.4. The second kappa shape index (κ2) is 6.57. The van der Waals surface area contributed by atoms with Gasteiger partial charge in [0, 0.05) is 29.5 Å². The maximum Gasteiger partial charge on any atom is 0.248 e. The van der Waals surface area contributed by atoms with Gasteiger partial charge >= 0.3 is 0 Å². The zero-order valence-corrected chi connectivity index (χ0v) is 13.9. The molecule has 0 saturated carbocycles. The summed E-state index contributed by atoms with van der Waals surface area (Å²) in [5.41, 5.74) is 4.54. The average Bonchev–Trinajstić information content (AvgIpc) is 3.32. The van der Waals surface area contributed by atoms with Gasteiger partial charge in [0.05, 0.1) is 0 Å². The number of nitrogens with zero attached hydrogens (tertiary/aromatic N) is 2. The Morgan fingerprint density at radius 1 is 1.21 bits per heavy atom. The number of nitrogens with one attached hydrogen (secondary N) is 1. The molecule has 0 radical (unpaired) electrons. The number of hydrogen-bond acceptors (Lipinski definition) is 5. The second-order valence-electron chi connectivity index (χ2n) is 5.90. The van der Waals surface area contributed by atoms with E-state index in [2.05, 4.69) is 27.6 Å². The Kier molecular flexibility index (Phi) is 4.13. The quantitative estimate of drug-likeness (QED) is 0.766. The number of hydrogen-bond donors (Lipinski definition) is 1. The predicted molar refractivity (Wildman–Crippen MR) is 93.0 cm³/mol. The number of anilines is 1. The molecule has 122 valence electrons. The minimum absolute atomic E-state index is 0.0387. The van der Waals surface area contributed by atoms with Crippen molar-refractivity contribution in [2.24, 2.45) is 0 Å². The molecule has 0 fully saturated rings. The van der Waals surface area contributed by atoms with Crippen LogP contribution in [0.25, 0.3) is 11.5 Å². The van der Waals surface area contributed by atoms with Gasteiger partial charge in [0.25, 0.3) is 0 Å². The largest absolute Gasteiger partial charge is 0.421 e. The van der Waals surface area contributed by atoms with Crippen LogP contribution >= 0.6 is 11.3 Å². The molecule has 5 nitrogen and oxygen atoms in total. The smallest absolute Gasteiger partial charge is 0.248 e. The van der Waals surface area contributed by atoms with Crippen molar-refractivity contribution in [1.82, 2.24) is 10.2 Å². The van der Waals surface area contributed by atoms with E-state index in [1.165, 1.54) is 17.5 Å². The zero-order valence-electron chi connectivity index (χ0n) is 13.1. The molecule has 1 N–H and O–H groups in total. The molecule has 0 unspecified atom stereocenters. The molecule has 0 aliphatic heterocycles. The Labute approximate surface area is 143 Å². The Hall–Kier alpha value is -2.47. The van der Waals surface area contributed by atoms with Crippen molar-refractivity contribution in [3.05, 3.63) is 52.0 Å². The molecule has 3 aromatic rings. The van der Waals surface area contributed by atoms with E-state index in [4.69, 9.17) is 4.42 Å². The molecule has 1 amide bonds. The highest BCUT2D eigenvalue weighted by molar-refractivity contribution is 7.08. The van der Waals surface area contributed by atoms with Gasteiger partial charge < -0.3 is 9.73 Å². The number of carbonyl (C=O) groups excluding carboxylic acids is 1. The van der Waals surface area contributed by atoms with Crippen LogP contribution in [0, 0.1) is 0 Å². The van der Waals surface area contributed by atoms with Gasteiger partial charge in [-0.05, 0) is 54.0 Å². The minimum atomic E-state index is -0.0387. The second-order valence-corrected chi connectivity index (χ2v) is 6.68. The van der Waals surface area contributed by atoms with E-state index < -0.39 is 0 Å². The van der Waals surface area contributed by atoms with Gasteiger partial charge in [0.1, 0.15) is 0 Å². The number of aryl methyl sites for hydroxylation is 3. The van der Waals surface area contributed by atoms with Crippen molar-refractivity contribution in [2.45, 2.75) is 32.1 Å². The maximum absolute atomic E-state index is 12.1. The third-order valence-corrected chi connectivity index (χ3v) is 4.87. The first-order valence-electron chi connectivity index (χ1n) is 8.04. The number of amides is 1. The minimum Gasteiger partial charge on any atom is -0.421 e. The molecule has 0 atom stereocenters.